The second-order valence-corrected chi connectivity index (χ2v) is 6.94. The molecule has 6 heteroatoms. The summed E-state index contributed by atoms with van der Waals surface area (Å²) in [4.78, 5) is 16.4. The number of hydrogen-bond donors (Lipinski definition) is 3. The topological polar surface area (TPSA) is 74.8 Å². The molecule has 0 heterocycles. The standard InChI is InChI=1S/C19H32N4O2/c1-7-20-18(22-11-10-21-17(24)19(3,4)5)23-13-15-9-8-14(2)12-16(15)25-6/h8-9,12H,7,10-11,13H2,1-6H3,(H,21,24)(H2,20,22,23). The van der Waals surface area contributed by atoms with Crippen LogP contribution in [0.2, 0.25) is 0 Å². The number of rotatable bonds is 7. The Kier molecular flexibility index (Phi) is 8.25. The minimum absolute atomic E-state index is 0.0423. The SMILES string of the molecule is CCNC(=NCc1ccc(C)cc1OC)NCCNC(=O)C(C)(C)C. The van der Waals surface area contributed by atoms with Gasteiger partial charge in [-0.05, 0) is 25.5 Å². The number of aryl methyl sites for hydroxylation is 1. The van der Waals surface area contributed by atoms with Crippen LogP contribution in [0.3, 0.4) is 0 Å². The minimum Gasteiger partial charge on any atom is -0.496 e. The van der Waals surface area contributed by atoms with Crippen molar-refractivity contribution in [1.29, 1.82) is 0 Å². The highest BCUT2D eigenvalue weighted by molar-refractivity contribution is 5.81. The van der Waals surface area contributed by atoms with Gasteiger partial charge in [-0.3, -0.25) is 4.79 Å². The molecular formula is C19H32N4O2. The number of amides is 1. The molecule has 0 saturated carbocycles. The van der Waals surface area contributed by atoms with Crippen molar-refractivity contribution in [2.24, 2.45) is 10.4 Å². The van der Waals surface area contributed by atoms with E-state index in [0.29, 0.717) is 19.6 Å². The van der Waals surface area contributed by atoms with Crippen molar-refractivity contribution in [1.82, 2.24) is 16.0 Å². The van der Waals surface area contributed by atoms with Gasteiger partial charge in [0, 0.05) is 30.6 Å². The Morgan fingerprint density at radius 2 is 1.84 bits per heavy atom. The van der Waals surface area contributed by atoms with Crippen LogP contribution in [0, 0.1) is 12.3 Å². The Bertz CT molecular complexity index is 592. The van der Waals surface area contributed by atoms with Crippen molar-refractivity contribution >= 4 is 11.9 Å². The first-order valence-corrected chi connectivity index (χ1v) is 8.72. The quantitative estimate of drug-likeness (QED) is 0.401. The molecule has 0 aromatic heterocycles. The van der Waals surface area contributed by atoms with E-state index in [0.717, 1.165) is 29.4 Å². The lowest BCUT2D eigenvalue weighted by Gasteiger charge is -2.18. The van der Waals surface area contributed by atoms with E-state index in [1.54, 1.807) is 7.11 Å². The number of methoxy groups -OCH3 is 1. The lowest BCUT2D eigenvalue weighted by Crippen LogP contribution is -2.43. The van der Waals surface area contributed by atoms with Crippen LogP contribution in [-0.2, 0) is 11.3 Å². The fourth-order valence-corrected chi connectivity index (χ4v) is 2.11. The maximum atomic E-state index is 11.8. The Balaban J connectivity index is 2.58. The largest absolute Gasteiger partial charge is 0.496 e. The van der Waals surface area contributed by atoms with Gasteiger partial charge in [-0.1, -0.05) is 32.9 Å². The molecule has 0 bridgehead atoms. The summed E-state index contributed by atoms with van der Waals surface area (Å²) in [5, 5.41) is 9.35. The molecule has 0 fully saturated rings. The molecule has 6 nitrogen and oxygen atoms in total. The lowest BCUT2D eigenvalue weighted by atomic mass is 9.96. The molecule has 25 heavy (non-hydrogen) atoms. The van der Waals surface area contributed by atoms with E-state index >= 15 is 0 Å². The predicted octanol–water partition coefficient (Wildman–Crippen LogP) is 2.22. The Labute approximate surface area is 151 Å². The summed E-state index contributed by atoms with van der Waals surface area (Å²) in [5.74, 6) is 1.60. The lowest BCUT2D eigenvalue weighted by molar-refractivity contribution is -0.128. The molecule has 1 aromatic carbocycles. The number of ether oxygens (including phenoxy) is 1. The van der Waals surface area contributed by atoms with Crippen LogP contribution in [0.25, 0.3) is 0 Å². The van der Waals surface area contributed by atoms with Gasteiger partial charge >= 0.3 is 0 Å². The second kappa shape index (κ2) is 9.91. The van der Waals surface area contributed by atoms with Crippen LogP contribution < -0.4 is 20.7 Å². The molecule has 1 aromatic rings. The molecule has 140 valence electrons. The molecular weight excluding hydrogens is 316 g/mol. The highest BCUT2D eigenvalue weighted by Crippen LogP contribution is 2.20. The van der Waals surface area contributed by atoms with E-state index in [1.807, 2.05) is 46.8 Å². The van der Waals surface area contributed by atoms with E-state index in [1.165, 1.54) is 0 Å². The number of aliphatic imine (C=N–C) groups is 1. The molecule has 0 spiro atoms. The zero-order valence-corrected chi connectivity index (χ0v) is 16.3. The molecule has 3 N–H and O–H groups in total. The van der Waals surface area contributed by atoms with Gasteiger partial charge in [-0.25, -0.2) is 4.99 Å². The molecule has 0 aliphatic heterocycles. The summed E-state index contributed by atoms with van der Waals surface area (Å²) < 4.78 is 5.42. The molecule has 0 saturated heterocycles. The van der Waals surface area contributed by atoms with Crippen LogP contribution in [0.15, 0.2) is 23.2 Å². The second-order valence-electron chi connectivity index (χ2n) is 6.94. The third-order valence-corrected chi connectivity index (χ3v) is 3.58. The van der Waals surface area contributed by atoms with Gasteiger partial charge in [0.25, 0.3) is 0 Å². The first kappa shape index (κ1) is 20.8. The summed E-state index contributed by atoms with van der Waals surface area (Å²) >= 11 is 0. The number of hydrogen-bond acceptors (Lipinski definition) is 3. The van der Waals surface area contributed by atoms with Gasteiger partial charge in [-0.2, -0.15) is 0 Å². The van der Waals surface area contributed by atoms with Crippen LogP contribution in [0.4, 0.5) is 0 Å². The van der Waals surface area contributed by atoms with Crippen LogP contribution in [0.5, 0.6) is 5.75 Å². The number of carbonyl (C=O) groups excluding carboxylic acids is 1. The summed E-state index contributed by atoms with van der Waals surface area (Å²) in [6.07, 6.45) is 0. The highest BCUT2D eigenvalue weighted by atomic mass is 16.5. The molecule has 0 unspecified atom stereocenters. The average Bonchev–Trinajstić information content (AvgIpc) is 2.55. The number of benzene rings is 1. The molecule has 1 amide bonds. The fraction of sp³-hybridized carbons (Fsp3) is 0.579. The maximum Gasteiger partial charge on any atom is 0.225 e. The minimum atomic E-state index is -0.374. The number of nitrogens with zero attached hydrogens (tertiary/aromatic N) is 1. The van der Waals surface area contributed by atoms with E-state index in [4.69, 9.17) is 4.74 Å². The summed E-state index contributed by atoms with van der Waals surface area (Å²) in [6, 6.07) is 6.09. The maximum absolute atomic E-state index is 11.8. The Morgan fingerprint density at radius 1 is 1.16 bits per heavy atom. The third-order valence-electron chi connectivity index (χ3n) is 3.58. The zero-order valence-electron chi connectivity index (χ0n) is 16.3. The van der Waals surface area contributed by atoms with E-state index in [2.05, 4.69) is 27.0 Å². The van der Waals surface area contributed by atoms with Crippen LogP contribution >= 0.6 is 0 Å². The van der Waals surface area contributed by atoms with Crippen molar-refractivity contribution in [3.05, 3.63) is 29.3 Å². The summed E-state index contributed by atoms with van der Waals surface area (Å²) in [7, 11) is 1.67. The van der Waals surface area contributed by atoms with Crippen LogP contribution in [0.1, 0.15) is 38.8 Å². The van der Waals surface area contributed by atoms with Crippen LogP contribution in [-0.4, -0.2) is 38.6 Å². The van der Waals surface area contributed by atoms with Gasteiger partial charge in [0.2, 0.25) is 5.91 Å². The molecule has 1 rings (SSSR count). The van der Waals surface area contributed by atoms with Crippen molar-refractivity contribution in [2.45, 2.75) is 41.2 Å². The predicted molar refractivity (Wildman–Crippen MR) is 103 cm³/mol. The summed E-state index contributed by atoms with van der Waals surface area (Å²) in [6.45, 7) is 12.2. The van der Waals surface area contributed by atoms with Gasteiger partial charge in [-0.15, -0.1) is 0 Å². The molecule has 0 atom stereocenters. The van der Waals surface area contributed by atoms with E-state index in [9.17, 15) is 4.79 Å². The fourth-order valence-electron chi connectivity index (χ4n) is 2.11. The van der Waals surface area contributed by atoms with Crippen molar-refractivity contribution < 1.29 is 9.53 Å². The molecule has 0 aliphatic rings. The first-order chi connectivity index (χ1) is 11.8. The normalized spacial score (nSPS) is 11.8. The number of guanidine groups is 1. The third kappa shape index (κ3) is 7.45. The highest BCUT2D eigenvalue weighted by Gasteiger charge is 2.20. The smallest absolute Gasteiger partial charge is 0.225 e. The van der Waals surface area contributed by atoms with Crippen molar-refractivity contribution in [3.8, 4) is 5.75 Å². The number of nitrogens with one attached hydrogen (secondary N) is 3. The number of carbonyl (C=O) groups is 1. The monoisotopic (exact) mass is 348 g/mol. The summed E-state index contributed by atoms with van der Waals surface area (Å²) in [5.41, 5.74) is 1.82. The molecule has 0 radical (unpaired) electrons. The van der Waals surface area contributed by atoms with E-state index < -0.39 is 0 Å². The zero-order chi connectivity index (χ0) is 18.9. The first-order valence-electron chi connectivity index (χ1n) is 8.72. The van der Waals surface area contributed by atoms with Crippen molar-refractivity contribution in [3.63, 3.8) is 0 Å². The van der Waals surface area contributed by atoms with Gasteiger partial charge in [0.1, 0.15) is 5.75 Å². The molecule has 0 aliphatic carbocycles. The average molecular weight is 348 g/mol. The Hall–Kier alpha value is -2.24. The van der Waals surface area contributed by atoms with Gasteiger partial charge in [0.15, 0.2) is 5.96 Å². The van der Waals surface area contributed by atoms with Gasteiger partial charge in [0.05, 0.1) is 13.7 Å². The van der Waals surface area contributed by atoms with Crippen molar-refractivity contribution in [2.75, 3.05) is 26.7 Å². The Morgan fingerprint density at radius 3 is 2.44 bits per heavy atom. The van der Waals surface area contributed by atoms with E-state index in [-0.39, 0.29) is 11.3 Å². The van der Waals surface area contributed by atoms with Gasteiger partial charge < -0.3 is 20.7 Å².